The van der Waals surface area contributed by atoms with Gasteiger partial charge in [0.15, 0.2) is 23.7 Å². The molecular weight excluding hydrogens is 392 g/mol. The maximum atomic E-state index is 5.79. The minimum atomic E-state index is -0.0361. The summed E-state index contributed by atoms with van der Waals surface area (Å²) in [6.07, 6.45) is 6.68. The molecule has 0 amide bonds. The third kappa shape index (κ3) is 3.65. The summed E-state index contributed by atoms with van der Waals surface area (Å²) in [6, 6.07) is 3.94. The van der Waals surface area contributed by atoms with Crippen molar-refractivity contribution in [1.82, 2.24) is 29.7 Å². The van der Waals surface area contributed by atoms with E-state index in [4.69, 9.17) is 14.7 Å². The summed E-state index contributed by atoms with van der Waals surface area (Å²) in [4.78, 5) is 20.7. The molecule has 1 fully saturated rings. The lowest BCUT2D eigenvalue weighted by atomic mass is 10.1. The summed E-state index contributed by atoms with van der Waals surface area (Å²) in [5.74, 6) is 2.17. The van der Waals surface area contributed by atoms with Gasteiger partial charge in [0, 0.05) is 30.1 Å². The Labute approximate surface area is 181 Å². The Morgan fingerprint density at radius 2 is 2.10 bits per heavy atom. The summed E-state index contributed by atoms with van der Waals surface area (Å²) in [7, 11) is 0. The highest BCUT2D eigenvalue weighted by Gasteiger charge is 2.23. The molecule has 31 heavy (non-hydrogen) atoms. The van der Waals surface area contributed by atoms with Crippen LogP contribution in [0.4, 0.5) is 11.6 Å². The van der Waals surface area contributed by atoms with Crippen molar-refractivity contribution in [2.75, 3.05) is 29.9 Å². The molecular formula is C22H26N8O. The fourth-order valence-corrected chi connectivity index (χ4v) is 4.05. The quantitative estimate of drug-likeness (QED) is 0.687. The smallest absolute Gasteiger partial charge is 0.199 e. The molecule has 5 heterocycles. The average molecular weight is 419 g/mol. The maximum absolute atomic E-state index is 5.79. The molecule has 9 heteroatoms. The van der Waals surface area contributed by atoms with E-state index in [9.17, 15) is 0 Å². The first-order chi connectivity index (χ1) is 15.1. The molecule has 0 radical (unpaired) electrons. The van der Waals surface area contributed by atoms with Gasteiger partial charge in [0.1, 0.15) is 12.0 Å². The number of anilines is 2. The fraction of sp³-hybridized carbons (Fsp3) is 0.409. The van der Waals surface area contributed by atoms with Gasteiger partial charge in [0.25, 0.3) is 0 Å². The van der Waals surface area contributed by atoms with E-state index in [2.05, 4.69) is 38.8 Å². The first-order valence-corrected chi connectivity index (χ1v) is 10.7. The highest BCUT2D eigenvalue weighted by atomic mass is 16.5. The maximum Gasteiger partial charge on any atom is 0.199 e. The number of hydrogen-bond acceptors (Lipinski definition) is 8. The number of nitrogens with zero attached hydrogens (tertiary/aromatic N) is 7. The minimum absolute atomic E-state index is 0.0361. The second kappa shape index (κ2) is 8.07. The van der Waals surface area contributed by atoms with E-state index in [1.807, 2.05) is 19.1 Å². The summed E-state index contributed by atoms with van der Waals surface area (Å²) in [5.41, 5.74) is 4.27. The number of aromatic nitrogens is 6. The van der Waals surface area contributed by atoms with Crippen molar-refractivity contribution in [3.8, 4) is 22.8 Å². The molecule has 1 atom stereocenters. The van der Waals surface area contributed by atoms with Crippen LogP contribution in [-0.4, -0.2) is 49.4 Å². The molecule has 0 saturated carbocycles. The number of ether oxygens (including phenoxy) is 1. The number of likely N-dealkylation sites (N-methyl/N-ethyl adjacent to an activating group) is 1. The molecule has 0 spiro atoms. The van der Waals surface area contributed by atoms with Gasteiger partial charge < -0.3 is 15.0 Å². The largest absolute Gasteiger partial charge is 0.361 e. The van der Waals surface area contributed by atoms with Crippen LogP contribution in [-0.2, 0) is 4.74 Å². The third-order valence-corrected chi connectivity index (χ3v) is 5.72. The zero-order valence-corrected chi connectivity index (χ0v) is 17.9. The SMILES string of the molecule is C=C1CNc2ncc(-c3ccc(-c4ncn(C5CCCCO5)n4)nc3C)nc2N1CC. The molecule has 0 aromatic carbocycles. The molecule has 0 bridgehead atoms. The average Bonchev–Trinajstić information content (AvgIpc) is 3.30. The Morgan fingerprint density at radius 1 is 1.19 bits per heavy atom. The van der Waals surface area contributed by atoms with E-state index >= 15 is 0 Å². The number of pyridine rings is 1. The third-order valence-electron chi connectivity index (χ3n) is 5.72. The lowest BCUT2D eigenvalue weighted by molar-refractivity contribution is -0.0395. The van der Waals surface area contributed by atoms with Crippen molar-refractivity contribution in [3.63, 3.8) is 0 Å². The van der Waals surface area contributed by atoms with Crippen LogP contribution in [0.25, 0.3) is 22.8 Å². The monoisotopic (exact) mass is 418 g/mol. The Hall–Kier alpha value is -3.33. The number of fused-ring (bicyclic) bond motifs is 1. The van der Waals surface area contributed by atoms with Gasteiger partial charge >= 0.3 is 0 Å². The van der Waals surface area contributed by atoms with Gasteiger partial charge in [0.05, 0.1) is 18.4 Å². The van der Waals surface area contributed by atoms with Gasteiger partial charge in [-0.05, 0) is 45.2 Å². The summed E-state index contributed by atoms with van der Waals surface area (Å²) < 4.78 is 7.59. The van der Waals surface area contributed by atoms with Gasteiger partial charge in [-0.1, -0.05) is 6.58 Å². The van der Waals surface area contributed by atoms with Crippen LogP contribution in [0, 0.1) is 6.92 Å². The molecule has 2 aliphatic heterocycles. The number of rotatable bonds is 4. The Kier molecular flexibility index (Phi) is 5.11. The summed E-state index contributed by atoms with van der Waals surface area (Å²) in [6.45, 7) is 10.4. The zero-order valence-electron chi connectivity index (χ0n) is 17.9. The topological polar surface area (TPSA) is 93.9 Å². The predicted molar refractivity (Wildman–Crippen MR) is 119 cm³/mol. The van der Waals surface area contributed by atoms with Crippen molar-refractivity contribution in [2.24, 2.45) is 0 Å². The molecule has 9 nitrogen and oxygen atoms in total. The van der Waals surface area contributed by atoms with E-state index < -0.39 is 0 Å². The van der Waals surface area contributed by atoms with Crippen molar-refractivity contribution >= 4 is 11.6 Å². The zero-order chi connectivity index (χ0) is 21.4. The molecule has 160 valence electrons. The van der Waals surface area contributed by atoms with Crippen LogP contribution in [0.1, 0.15) is 38.1 Å². The highest BCUT2D eigenvalue weighted by molar-refractivity contribution is 5.73. The number of hydrogen-bond donors (Lipinski definition) is 1. The van der Waals surface area contributed by atoms with E-state index in [0.29, 0.717) is 12.4 Å². The molecule has 1 N–H and O–H groups in total. The van der Waals surface area contributed by atoms with E-state index in [-0.39, 0.29) is 6.23 Å². The van der Waals surface area contributed by atoms with Crippen LogP contribution >= 0.6 is 0 Å². The predicted octanol–water partition coefficient (Wildman–Crippen LogP) is 3.57. The standard InChI is InChI=1S/C22H26N8O/c1-4-29-14(2)11-23-21-22(29)27-18(12-24-21)16-8-9-17(26-15(16)3)20-25-13-30(28-20)19-7-5-6-10-31-19/h8-9,12-13,19H,2,4-7,10-11H2,1,3H3,(H,23,24). The molecule has 1 saturated heterocycles. The van der Waals surface area contributed by atoms with Crippen LogP contribution in [0.3, 0.4) is 0 Å². The Bertz CT molecular complexity index is 1120. The Balaban J connectivity index is 1.43. The lowest BCUT2D eigenvalue weighted by Crippen LogP contribution is -2.32. The molecule has 0 aliphatic carbocycles. The summed E-state index contributed by atoms with van der Waals surface area (Å²) >= 11 is 0. The van der Waals surface area contributed by atoms with Crippen molar-refractivity contribution in [3.05, 3.63) is 42.6 Å². The highest BCUT2D eigenvalue weighted by Crippen LogP contribution is 2.32. The van der Waals surface area contributed by atoms with E-state index in [0.717, 1.165) is 72.4 Å². The normalized spacial score (nSPS) is 18.6. The molecule has 3 aromatic heterocycles. The molecule has 1 unspecified atom stereocenters. The molecule has 2 aliphatic rings. The second-order valence-electron chi connectivity index (χ2n) is 7.79. The lowest BCUT2D eigenvalue weighted by Gasteiger charge is -2.31. The van der Waals surface area contributed by atoms with Crippen LogP contribution < -0.4 is 10.2 Å². The molecule has 5 rings (SSSR count). The van der Waals surface area contributed by atoms with Gasteiger partial charge in [0.2, 0.25) is 0 Å². The fourth-order valence-electron chi connectivity index (χ4n) is 4.05. The van der Waals surface area contributed by atoms with Crippen molar-refractivity contribution in [1.29, 1.82) is 0 Å². The minimum Gasteiger partial charge on any atom is -0.361 e. The van der Waals surface area contributed by atoms with Crippen molar-refractivity contribution in [2.45, 2.75) is 39.3 Å². The number of nitrogens with one attached hydrogen (secondary N) is 1. The van der Waals surface area contributed by atoms with Gasteiger partial charge in [-0.25, -0.2) is 24.6 Å². The van der Waals surface area contributed by atoms with Gasteiger partial charge in [-0.15, -0.1) is 5.10 Å². The second-order valence-corrected chi connectivity index (χ2v) is 7.79. The summed E-state index contributed by atoms with van der Waals surface area (Å²) in [5, 5.41) is 7.87. The van der Waals surface area contributed by atoms with Gasteiger partial charge in [-0.3, -0.25) is 0 Å². The van der Waals surface area contributed by atoms with Crippen molar-refractivity contribution < 1.29 is 4.74 Å². The number of aryl methyl sites for hydroxylation is 1. The van der Waals surface area contributed by atoms with Crippen LogP contribution in [0.5, 0.6) is 0 Å². The Morgan fingerprint density at radius 3 is 2.87 bits per heavy atom. The van der Waals surface area contributed by atoms with E-state index in [1.165, 1.54) is 0 Å². The first-order valence-electron chi connectivity index (χ1n) is 10.7. The first kappa shape index (κ1) is 19.6. The van der Waals surface area contributed by atoms with Crippen LogP contribution in [0.15, 0.2) is 36.9 Å². The van der Waals surface area contributed by atoms with Crippen LogP contribution in [0.2, 0.25) is 0 Å². The van der Waals surface area contributed by atoms with E-state index in [1.54, 1.807) is 17.2 Å². The van der Waals surface area contributed by atoms with Gasteiger partial charge in [-0.2, -0.15) is 0 Å². The molecule has 3 aromatic rings.